The van der Waals surface area contributed by atoms with Crippen LogP contribution in [0, 0.1) is 5.92 Å². The number of nitrogens with one attached hydrogen (secondary N) is 1. The molecule has 0 saturated carbocycles. The van der Waals surface area contributed by atoms with Gasteiger partial charge in [-0.25, -0.2) is 18.4 Å². The summed E-state index contributed by atoms with van der Waals surface area (Å²) >= 11 is 0. The van der Waals surface area contributed by atoms with E-state index in [9.17, 15) is 13.2 Å². The van der Waals surface area contributed by atoms with Crippen LogP contribution in [0.2, 0.25) is 0 Å². The van der Waals surface area contributed by atoms with Crippen molar-refractivity contribution in [3.8, 4) is 0 Å². The molecule has 1 saturated heterocycles. The lowest BCUT2D eigenvalue weighted by molar-refractivity contribution is -0.132. The molecule has 0 radical (unpaired) electrons. The van der Waals surface area contributed by atoms with Gasteiger partial charge in [0.1, 0.15) is 12.1 Å². The second kappa shape index (κ2) is 7.83. The third kappa shape index (κ3) is 3.49. The van der Waals surface area contributed by atoms with Gasteiger partial charge in [0.15, 0.2) is 9.84 Å². The van der Waals surface area contributed by atoms with Crippen molar-refractivity contribution in [3.63, 3.8) is 0 Å². The van der Waals surface area contributed by atoms with E-state index in [0.29, 0.717) is 11.3 Å². The number of fused-ring (bicyclic) bond motifs is 5. The van der Waals surface area contributed by atoms with Crippen molar-refractivity contribution < 1.29 is 13.2 Å². The average Bonchev–Trinajstić information content (AvgIpc) is 3.06. The van der Waals surface area contributed by atoms with Crippen LogP contribution in [0.3, 0.4) is 0 Å². The number of anilines is 1. The van der Waals surface area contributed by atoms with Gasteiger partial charge in [-0.05, 0) is 48.8 Å². The molecule has 2 aromatic rings. The van der Waals surface area contributed by atoms with Crippen molar-refractivity contribution in [2.45, 2.75) is 75.9 Å². The summed E-state index contributed by atoms with van der Waals surface area (Å²) in [5.41, 5.74) is 3.90. The molecular weight excluding hydrogens is 424 g/mol. The highest BCUT2D eigenvalue weighted by atomic mass is 32.2. The van der Waals surface area contributed by atoms with E-state index >= 15 is 0 Å². The zero-order valence-corrected chi connectivity index (χ0v) is 19.7. The van der Waals surface area contributed by atoms with Crippen molar-refractivity contribution in [1.29, 1.82) is 0 Å². The Labute approximate surface area is 189 Å². The van der Waals surface area contributed by atoms with E-state index < -0.39 is 9.84 Å². The molecule has 8 heteroatoms. The summed E-state index contributed by atoms with van der Waals surface area (Å²) in [7, 11) is -3.23. The first-order valence-electron chi connectivity index (χ1n) is 11.5. The monoisotopic (exact) mass is 454 g/mol. The Morgan fingerprint density at radius 3 is 2.78 bits per heavy atom. The van der Waals surface area contributed by atoms with Gasteiger partial charge in [-0.1, -0.05) is 26.0 Å². The summed E-state index contributed by atoms with van der Waals surface area (Å²) in [6.45, 7) is 5.87. The van der Waals surface area contributed by atoms with Crippen LogP contribution in [-0.2, 0) is 27.5 Å². The Kier molecular flexibility index (Phi) is 5.23. The minimum Gasteiger partial charge on any atom is -0.363 e. The summed E-state index contributed by atoms with van der Waals surface area (Å²) in [5.74, 6) is 1.27. The quantitative estimate of drug-likeness (QED) is 0.759. The number of hydrogen-bond donors (Lipinski definition) is 1. The number of carbonyl (C=O) groups excluding carboxylic acids is 1. The molecule has 3 aliphatic rings. The Morgan fingerprint density at radius 1 is 1.22 bits per heavy atom. The van der Waals surface area contributed by atoms with E-state index in [2.05, 4.69) is 29.1 Å². The SMILES string of the molecule is CC(=O)N1[C@@H]2CC[C@H]1c1c(ncnc1N[C@H](c1ccc3c(c1)S(=O)(=O)CCC3)C(C)C)C2. The van der Waals surface area contributed by atoms with Crippen LogP contribution in [0.4, 0.5) is 5.82 Å². The van der Waals surface area contributed by atoms with Gasteiger partial charge in [-0.15, -0.1) is 0 Å². The standard InChI is InChI=1S/C24H30N4O3S/c1-14(2)23(17-7-6-16-5-4-10-32(30,31)21(16)11-17)27-24-22-19(25-13-26-24)12-18-8-9-20(22)28(18)15(3)29/h6-7,11,13-14,18,20,23H,4-5,8-10,12H2,1-3H3,(H,25,26,27)/t18-,20+,23+/m1/s1. The number of aryl methyl sites for hydroxylation is 1. The van der Waals surface area contributed by atoms with Gasteiger partial charge in [0.05, 0.1) is 28.4 Å². The molecule has 3 atom stereocenters. The Balaban J connectivity index is 1.53. The van der Waals surface area contributed by atoms with Crippen LogP contribution in [0.25, 0.3) is 0 Å². The lowest BCUT2D eigenvalue weighted by Crippen LogP contribution is -2.41. The Morgan fingerprint density at radius 2 is 2.03 bits per heavy atom. The molecule has 3 aliphatic heterocycles. The van der Waals surface area contributed by atoms with Crippen molar-refractivity contribution in [2.24, 2.45) is 5.92 Å². The van der Waals surface area contributed by atoms with Crippen molar-refractivity contribution >= 4 is 21.6 Å². The van der Waals surface area contributed by atoms with Crippen LogP contribution in [0.1, 0.15) is 74.5 Å². The number of rotatable bonds is 4. The van der Waals surface area contributed by atoms with Gasteiger partial charge in [0.2, 0.25) is 5.91 Å². The van der Waals surface area contributed by atoms with Gasteiger partial charge in [0, 0.05) is 24.9 Å². The molecule has 1 fully saturated rings. The molecule has 0 unspecified atom stereocenters. The summed E-state index contributed by atoms with van der Waals surface area (Å²) < 4.78 is 25.4. The largest absolute Gasteiger partial charge is 0.363 e. The third-order valence-electron chi connectivity index (χ3n) is 7.20. The van der Waals surface area contributed by atoms with E-state index in [1.165, 1.54) is 0 Å². The highest BCUT2D eigenvalue weighted by Crippen LogP contribution is 2.46. The third-order valence-corrected chi connectivity index (χ3v) is 9.07. The van der Waals surface area contributed by atoms with Crippen LogP contribution in [0.5, 0.6) is 0 Å². The van der Waals surface area contributed by atoms with Gasteiger partial charge >= 0.3 is 0 Å². The number of sulfone groups is 1. The molecule has 1 aromatic carbocycles. The van der Waals surface area contributed by atoms with E-state index in [4.69, 9.17) is 0 Å². The first kappa shape index (κ1) is 21.4. The lowest BCUT2D eigenvalue weighted by Gasteiger charge is -2.36. The fourth-order valence-electron chi connectivity index (χ4n) is 5.73. The molecule has 5 rings (SSSR count). The fourth-order valence-corrected chi connectivity index (χ4v) is 7.36. The molecule has 1 N–H and O–H groups in total. The second-order valence-corrected chi connectivity index (χ2v) is 11.7. The summed E-state index contributed by atoms with van der Waals surface area (Å²) in [6.07, 6.45) is 5.74. The number of carbonyl (C=O) groups is 1. The smallest absolute Gasteiger partial charge is 0.220 e. The highest BCUT2D eigenvalue weighted by Gasteiger charge is 2.43. The van der Waals surface area contributed by atoms with Crippen LogP contribution in [0.15, 0.2) is 29.4 Å². The van der Waals surface area contributed by atoms with Crippen LogP contribution >= 0.6 is 0 Å². The molecule has 0 spiro atoms. The molecule has 170 valence electrons. The molecule has 7 nitrogen and oxygen atoms in total. The van der Waals surface area contributed by atoms with E-state index in [1.54, 1.807) is 13.3 Å². The van der Waals surface area contributed by atoms with E-state index in [-0.39, 0.29) is 35.7 Å². The molecule has 2 bridgehead atoms. The summed E-state index contributed by atoms with van der Waals surface area (Å²) in [5, 5.41) is 3.62. The maximum atomic E-state index is 12.7. The molecule has 1 amide bonds. The number of amides is 1. The Hall–Kier alpha value is -2.48. The van der Waals surface area contributed by atoms with Gasteiger partial charge in [-0.2, -0.15) is 0 Å². The number of nitrogens with zero attached hydrogens (tertiary/aromatic N) is 3. The first-order chi connectivity index (χ1) is 15.3. The molecule has 32 heavy (non-hydrogen) atoms. The van der Waals surface area contributed by atoms with Crippen molar-refractivity contribution in [2.75, 3.05) is 11.1 Å². The normalized spacial score (nSPS) is 24.1. The second-order valence-electron chi connectivity index (χ2n) is 9.62. The maximum Gasteiger partial charge on any atom is 0.220 e. The van der Waals surface area contributed by atoms with E-state index in [1.807, 2.05) is 23.1 Å². The number of benzene rings is 1. The van der Waals surface area contributed by atoms with Crippen LogP contribution < -0.4 is 5.32 Å². The summed E-state index contributed by atoms with van der Waals surface area (Å²) in [6, 6.07) is 5.97. The predicted molar refractivity (Wildman–Crippen MR) is 122 cm³/mol. The zero-order chi connectivity index (χ0) is 22.6. The first-order valence-corrected chi connectivity index (χ1v) is 13.2. The van der Waals surface area contributed by atoms with Crippen LogP contribution in [-0.4, -0.2) is 41.0 Å². The van der Waals surface area contributed by atoms with E-state index in [0.717, 1.165) is 53.9 Å². The highest BCUT2D eigenvalue weighted by molar-refractivity contribution is 7.91. The minimum atomic E-state index is -3.23. The minimum absolute atomic E-state index is 0.00155. The van der Waals surface area contributed by atoms with Crippen molar-refractivity contribution in [3.05, 3.63) is 46.9 Å². The number of aromatic nitrogens is 2. The number of hydrogen-bond acceptors (Lipinski definition) is 6. The van der Waals surface area contributed by atoms with Crippen molar-refractivity contribution in [1.82, 2.24) is 14.9 Å². The van der Waals surface area contributed by atoms with Gasteiger partial charge in [-0.3, -0.25) is 4.79 Å². The fraction of sp³-hybridized carbons (Fsp3) is 0.542. The average molecular weight is 455 g/mol. The molecule has 1 aromatic heterocycles. The predicted octanol–water partition coefficient (Wildman–Crippen LogP) is 3.61. The molecule has 0 aliphatic carbocycles. The molecular formula is C24H30N4O3S. The lowest BCUT2D eigenvalue weighted by atomic mass is 9.93. The van der Waals surface area contributed by atoms with Gasteiger partial charge < -0.3 is 10.2 Å². The van der Waals surface area contributed by atoms with Gasteiger partial charge in [0.25, 0.3) is 0 Å². The Bertz CT molecular complexity index is 1180. The summed E-state index contributed by atoms with van der Waals surface area (Å²) in [4.78, 5) is 23.9. The zero-order valence-electron chi connectivity index (χ0n) is 18.8. The maximum absolute atomic E-state index is 12.7. The topological polar surface area (TPSA) is 92.3 Å². The molecule has 4 heterocycles.